The van der Waals surface area contributed by atoms with Crippen LogP contribution in [-0.4, -0.2) is 50.8 Å². The summed E-state index contributed by atoms with van der Waals surface area (Å²) in [5.41, 5.74) is 3.87. The second-order valence-electron chi connectivity index (χ2n) is 7.13. The van der Waals surface area contributed by atoms with Crippen LogP contribution in [0.2, 0.25) is 0 Å². The minimum absolute atomic E-state index is 0.683. The molecular weight excluding hydrogens is 352 g/mol. The van der Waals surface area contributed by atoms with Crippen molar-refractivity contribution in [2.45, 2.75) is 19.4 Å². The van der Waals surface area contributed by atoms with Crippen molar-refractivity contribution < 1.29 is 9.47 Å². The van der Waals surface area contributed by atoms with Crippen LogP contribution >= 0.6 is 0 Å². The SMILES string of the molecule is CN=C(NCCN1CCc2ccccc2C1)Nc1ccc2c(c1)OCCCO2. The van der Waals surface area contributed by atoms with E-state index in [1.165, 1.54) is 11.1 Å². The molecule has 0 radical (unpaired) electrons. The molecule has 0 saturated carbocycles. The van der Waals surface area contributed by atoms with Gasteiger partial charge in [0, 0.05) is 51.4 Å². The van der Waals surface area contributed by atoms with Crippen molar-refractivity contribution in [3.8, 4) is 11.5 Å². The lowest BCUT2D eigenvalue weighted by Crippen LogP contribution is -2.39. The highest BCUT2D eigenvalue weighted by Crippen LogP contribution is 2.32. The van der Waals surface area contributed by atoms with Gasteiger partial charge in [-0.25, -0.2) is 0 Å². The topological polar surface area (TPSA) is 58.1 Å². The van der Waals surface area contributed by atoms with Gasteiger partial charge in [0.25, 0.3) is 0 Å². The average molecular weight is 380 g/mol. The van der Waals surface area contributed by atoms with Crippen LogP contribution in [-0.2, 0) is 13.0 Å². The Hall–Kier alpha value is -2.73. The van der Waals surface area contributed by atoms with Crippen molar-refractivity contribution in [1.29, 1.82) is 0 Å². The van der Waals surface area contributed by atoms with Crippen molar-refractivity contribution in [2.75, 3.05) is 45.2 Å². The second kappa shape index (κ2) is 8.97. The fourth-order valence-corrected chi connectivity index (χ4v) is 3.63. The van der Waals surface area contributed by atoms with Crippen LogP contribution in [0.25, 0.3) is 0 Å². The van der Waals surface area contributed by atoms with E-state index in [1.807, 2.05) is 18.2 Å². The van der Waals surface area contributed by atoms with Crippen LogP contribution in [0.5, 0.6) is 11.5 Å². The van der Waals surface area contributed by atoms with Crippen LogP contribution in [0.4, 0.5) is 5.69 Å². The van der Waals surface area contributed by atoms with E-state index in [4.69, 9.17) is 9.47 Å². The van der Waals surface area contributed by atoms with Crippen molar-refractivity contribution in [3.05, 3.63) is 53.6 Å². The summed E-state index contributed by atoms with van der Waals surface area (Å²) < 4.78 is 11.4. The van der Waals surface area contributed by atoms with Gasteiger partial charge in [-0.1, -0.05) is 24.3 Å². The lowest BCUT2D eigenvalue weighted by Gasteiger charge is -2.28. The summed E-state index contributed by atoms with van der Waals surface area (Å²) in [5.74, 6) is 2.34. The number of anilines is 1. The van der Waals surface area contributed by atoms with Crippen LogP contribution in [0, 0.1) is 0 Å². The number of nitrogens with one attached hydrogen (secondary N) is 2. The van der Waals surface area contributed by atoms with E-state index >= 15 is 0 Å². The Morgan fingerprint density at radius 1 is 1.07 bits per heavy atom. The molecule has 0 atom stereocenters. The molecule has 0 spiro atoms. The van der Waals surface area contributed by atoms with Crippen LogP contribution < -0.4 is 20.1 Å². The Balaban J connectivity index is 1.28. The number of rotatable bonds is 4. The summed E-state index contributed by atoms with van der Waals surface area (Å²) in [4.78, 5) is 6.82. The molecule has 6 nitrogen and oxygen atoms in total. The van der Waals surface area contributed by atoms with Crippen molar-refractivity contribution in [1.82, 2.24) is 10.2 Å². The maximum Gasteiger partial charge on any atom is 0.195 e. The Kier molecular flexibility index (Phi) is 5.97. The molecule has 2 N–H and O–H groups in total. The fourth-order valence-electron chi connectivity index (χ4n) is 3.63. The van der Waals surface area contributed by atoms with Gasteiger partial charge in [-0.2, -0.15) is 0 Å². The summed E-state index contributed by atoms with van der Waals surface area (Å²) in [5, 5.41) is 6.74. The normalized spacial score (nSPS) is 16.8. The molecule has 6 heteroatoms. The predicted molar refractivity (Wildman–Crippen MR) is 112 cm³/mol. The summed E-state index contributed by atoms with van der Waals surface area (Å²) >= 11 is 0. The molecule has 0 aliphatic carbocycles. The van der Waals surface area contributed by atoms with Gasteiger partial charge in [0.15, 0.2) is 17.5 Å². The minimum atomic E-state index is 0.683. The van der Waals surface area contributed by atoms with Crippen LogP contribution in [0.1, 0.15) is 17.5 Å². The van der Waals surface area contributed by atoms with Crippen molar-refractivity contribution in [2.24, 2.45) is 4.99 Å². The lowest BCUT2D eigenvalue weighted by molar-refractivity contribution is 0.258. The summed E-state index contributed by atoms with van der Waals surface area (Å²) in [6.45, 7) is 5.33. The zero-order valence-electron chi connectivity index (χ0n) is 16.4. The highest BCUT2D eigenvalue weighted by atomic mass is 16.5. The molecule has 28 heavy (non-hydrogen) atoms. The number of fused-ring (bicyclic) bond motifs is 2. The van der Waals surface area contributed by atoms with Gasteiger partial charge >= 0.3 is 0 Å². The van der Waals surface area contributed by atoms with E-state index < -0.39 is 0 Å². The molecule has 0 unspecified atom stereocenters. The van der Waals surface area contributed by atoms with Crippen molar-refractivity contribution in [3.63, 3.8) is 0 Å². The Bertz CT molecular complexity index is 837. The van der Waals surface area contributed by atoms with Gasteiger partial charge in [-0.3, -0.25) is 9.89 Å². The Labute approximate surface area is 166 Å². The summed E-state index contributed by atoms with van der Waals surface area (Å²) in [6, 6.07) is 14.6. The van der Waals surface area contributed by atoms with Gasteiger partial charge < -0.3 is 20.1 Å². The van der Waals surface area contributed by atoms with Gasteiger partial charge in [0.1, 0.15) is 0 Å². The molecule has 0 fully saturated rings. The molecule has 2 aliphatic rings. The molecule has 4 rings (SSSR count). The lowest BCUT2D eigenvalue weighted by atomic mass is 10.00. The first kappa shape index (κ1) is 18.6. The number of ether oxygens (including phenoxy) is 2. The van der Waals surface area contributed by atoms with Crippen LogP contribution in [0.3, 0.4) is 0 Å². The second-order valence-corrected chi connectivity index (χ2v) is 7.13. The molecule has 2 aromatic carbocycles. The molecule has 148 valence electrons. The molecule has 0 saturated heterocycles. The van der Waals surface area contributed by atoms with Crippen LogP contribution in [0.15, 0.2) is 47.5 Å². The van der Waals surface area contributed by atoms with Gasteiger partial charge in [0.2, 0.25) is 0 Å². The van der Waals surface area contributed by atoms with Gasteiger partial charge in [-0.15, -0.1) is 0 Å². The summed E-state index contributed by atoms with van der Waals surface area (Å²) in [7, 11) is 1.79. The van der Waals surface area contributed by atoms with E-state index in [1.54, 1.807) is 7.05 Å². The highest BCUT2D eigenvalue weighted by Gasteiger charge is 2.15. The number of aliphatic imine (C=N–C) groups is 1. The van der Waals surface area contributed by atoms with E-state index in [0.717, 1.165) is 62.2 Å². The predicted octanol–water partition coefficient (Wildman–Crippen LogP) is 2.89. The number of hydrogen-bond acceptors (Lipinski definition) is 4. The van der Waals surface area contributed by atoms with E-state index in [0.29, 0.717) is 13.2 Å². The first-order valence-electron chi connectivity index (χ1n) is 9.98. The Morgan fingerprint density at radius 2 is 1.89 bits per heavy atom. The third-order valence-corrected chi connectivity index (χ3v) is 5.16. The first-order chi connectivity index (χ1) is 13.8. The maximum atomic E-state index is 5.76. The minimum Gasteiger partial charge on any atom is -0.490 e. The average Bonchev–Trinajstić information content (AvgIpc) is 2.98. The number of benzene rings is 2. The molecular formula is C22H28N4O2. The quantitative estimate of drug-likeness (QED) is 0.631. The monoisotopic (exact) mass is 380 g/mol. The number of guanidine groups is 1. The largest absolute Gasteiger partial charge is 0.490 e. The summed E-state index contributed by atoms with van der Waals surface area (Å²) in [6.07, 6.45) is 2.03. The third-order valence-electron chi connectivity index (χ3n) is 5.16. The van der Waals surface area contributed by atoms with E-state index in [2.05, 4.69) is 44.8 Å². The molecule has 0 amide bonds. The molecule has 0 aromatic heterocycles. The third kappa shape index (κ3) is 4.57. The number of hydrogen-bond donors (Lipinski definition) is 2. The fraction of sp³-hybridized carbons (Fsp3) is 0.409. The van der Waals surface area contributed by atoms with Gasteiger partial charge in [0.05, 0.1) is 13.2 Å². The number of nitrogens with zero attached hydrogens (tertiary/aromatic N) is 2. The first-order valence-corrected chi connectivity index (χ1v) is 9.98. The zero-order valence-corrected chi connectivity index (χ0v) is 16.4. The smallest absolute Gasteiger partial charge is 0.195 e. The van der Waals surface area contributed by atoms with Crippen molar-refractivity contribution >= 4 is 11.6 Å². The Morgan fingerprint density at radius 3 is 2.75 bits per heavy atom. The molecule has 2 aliphatic heterocycles. The zero-order chi connectivity index (χ0) is 19.2. The molecule has 2 heterocycles. The molecule has 0 bridgehead atoms. The standard InChI is InChI=1S/C22H28N4O2/c1-23-22(25-19-7-8-20-21(15-19)28-14-4-13-27-20)24-10-12-26-11-9-17-5-2-3-6-18(17)16-26/h2-3,5-8,15H,4,9-14,16H2,1H3,(H2,23,24,25). The van der Waals surface area contributed by atoms with E-state index in [9.17, 15) is 0 Å². The maximum absolute atomic E-state index is 5.76. The highest BCUT2D eigenvalue weighted by molar-refractivity contribution is 5.93. The molecule has 2 aromatic rings. The van der Waals surface area contributed by atoms with Gasteiger partial charge in [-0.05, 0) is 29.7 Å². The van der Waals surface area contributed by atoms with E-state index in [-0.39, 0.29) is 0 Å².